The summed E-state index contributed by atoms with van der Waals surface area (Å²) in [5, 5.41) is 0. The van der Waals surface area contributed by atoms with Gasteiger partial charge in [-0.3, -0.25) is 4.79 Å². The zero-order valence-corrected chi connectivity index (χ0v) is 13.3. The molecule has 1 aliphatic rings. The van der Waals surface area contributed by atoms with Gasteiger partial charge in [-0.15, -0.1) is 12.4 Å². The maximum atomic E-state index is 12.6. The van der Waals surface area contributed by atoms with Gasteiger partial charge in [0.25, 0.3) is 0 Å². The average Bonchev–Trinajstić information content (AvgIpc) is 2.77. The first-order chi connectivity index (χ1) is 9.02. The summed E-state index contributed by atoms with van der Waals surface area (Å²) in [5.41, 5.74) is 7.28. The third kappa shape index (κ3) is 3.33. The van der Waals surface area contributed by atoms with Crippen LogP contribution in [0.25, 0.3) is 0 Å². The van der Waals surface area contributed by atoms with Gasteiger partial charge in [-0.1, -0.05) is 37.3 Å². The molecular formula is C16H25ClN2O. The number of rotatable bonds is 3. The molecule has 1 heterocycles. The molecular weight excluding hydrogens is 272 g/mol. The van der Waals surface area contributed by atoms with Crippen LogP contribution >= 0.6 is 12.4 Å². The number of benzene rings is 1. The molecule has 1 fully saturated rings. The fourth-order valence-electron chi connectivity index (χ4n) is 2.98. The summed E-state index contributed by atoms with van der Waals surface area (Å²) in [5.74, 6) is 0.0132. The maximum absolute atomic E-state index is 12.6. The monoisotopic (exact) mass is 296 g/mol. The highest BCUT2D eigenvalue weighted by Crippen LogP contribution is 2.28. The minimum absolute atomic E-state index is 0. The molecule has 3 nitrogen and oxygen atoms in total. The van der Waals surface area contributed by atoms with E-state index in [9.17, 15) is 4.79 Å². The first-order valence-corrected chi connectivity index (χ1v) is 7.15. The van der Waals surface area contributed by atoms with Crippen LogP contribution in [-0.4, -0.2) is 22.9 Å². The summed E-state index contributed by atoms with van der Waals surface area (Å²) >= 11 is 0. The van der Waals surface area contributed by atoms with E-state index in [-0.39, 0.29) is 30.3 Å². The molecule has 20 heavy (non-hydrogen) atoms. The van der Waals surface area contributed by atoms with Crippen molar-refractivity contribution in [3.05, 3.63) is 35.9 Å². The predicted octanol–water partition coefficient (Wildman–Crippen LogP) is 3.14. The van der Waals surface area contributed by atoms with Crippen LogP contribution in [0, 0.1) is 5.92 Å². The Balaban J connectivity index is 0.00000200. The number of halogens is 1. The van der Waals surface area contributed by atoms with Crippen LogP contribution in [0.15, 0.2) is 30.3 Å². The second-order valence-electron chi connectivity index (χ2n) is 5.75. The van der Waals surface area contributed by atoms with E-state index >= 15 is 0 Å². The summed E-state index contributed by atoms with van der Waals surface area (Å²) in [7, 11) is 0. The smallest absolute Gasteiger partial charge is 0.227 e. The molecule has 2 N–H and O–H groups in total. The van der Waals surface area contributed by atoms with Crippen molar-refractivity contribution in [1.82, 2.24) is 4.90 Å². The van der Waals surface area contributed by atoms with Gasteiger partial charge in [0.05, 0.1) is 5.92 Å². The third-order valence-corrected chi connectivity index (χ3v) is 4.32. The number of nitrogens with zero attached hydrogens (tertiary/aromatic N) is 1. The number of amides is 1. The number of likely N-dealkylation sites (tertiary alicyclic amines) is 1. The van der Waals surface area contributed by atoms with Crippen molar-refractivity contribution in [1.29, 1.82) is 0 Å². The number of hydrogen-bond acceptors (Lipinski definition) is 2. The third-order valence-electron chi connectivity index (χ3n) is 4.32. The summed E-state index contributed by atoms with van der Waals surface area (Å²) in [4.78, 5) is 14.6. The Labute approximate surface area is 127 Å². The molecule has 0 bridgehead atoms. The molecule has 4 heteroatoms. The van der Waals surface area contributed by atoms with E-state index in [1.807, 2.05) is 42.2 Å². The highest BCUT2D eigenvalue weighted by Gasteiger charge is 2.35. The molecule has 2 rings (SSSR count). The summed E-state index contributed by atoms with van der Waals surface area (Å²) in [6.45, 7) is 6.20. The van der Waals surface area contributed by atoms with E-state index in [0.29, 0.717) is 12.1 Å². The topological polar surface area (TPSA) is 46.3 Å². The van der Waals surface area contributed by atoms with Gasteiger partial charge in [0.15, 0.2) is 0 Å². The van der Waals surface area contributed by atoms with E-state index in [0.717, 1.165) is 18.4 Å². The summed E-state index contributed by atoms with van der Waals surface area (Å²) in [6.07, 6.45) is 2.19. The average molecular weight is 297 g/mol. The Morgan fingerprint density at radius 1 is 1.20 bits per heavy atom. The minimum Gasteiger partial charge on any atom is -0.337 e. The van der Waals surface area contributed by atoms with Crippen molar-refractivity contribution in [2.24, 2.45) is 11.7 Å². The summed E-state index contributed by atoms with van der Waals surface area (Å²) in [6, 6.07) is 10.3. The zero-order chi connectivity index (χ0) is 14.0. The van der Waals surface area contributed by atoms with E-state index in [4.69, 9.17) is 5.73 Å². The van der Waals surface area contributed by atoms with Gasteiger partial charge >= 0.3 is 0 Å². The van der Waals surface area contributed by atoms with Crippen LogP contribution in [0.2, 0.25) is 0 Å². The lowest BCUT2D eigenvalue weighted by molar-refractivity contribution is -0.138. The molecule has 112 valence electrons. The van der Waals surface area contributed by atoms with E-state index in [1.54, 1.807) is 0 Å². The maximum Gasteiger partial charge on any atom is 0.227 e. The quantitative estimate of drug-likeness (QED) is 0.931. The predicted molar refractivity (Wildman–Crippen MR) is 84.8 cm³/mol. The molecule has 4 unspecified atom stereocenters. The minimum atomic E-state index is -0.228. The van der Waals surface area contributed by atoms with Crippen molar-refractivity contribution in [2.75, 3.05) is 0 Å². The largest absolute Gasteiger partial charge is 0.337 e. The standard InChI is InChI=1S/C16H24N2O.ClH/c1-11-9-10-12(2)18(11)16(19)13(3)15(17)14-7-5-4-6-8-14;/h4-8,11-13,15H,9-10,17H2,1-3H3;1H. The fraction of sp³-hybridized carbons (Fsp3) is 0.562. The van der Waals surface area contributed by atoms with Crippen molar-refractivity contribution >= 4 is 18.3 Å². The lowest BCUT2D eigenvalue weighted by Gasteiger charge is -2.31. The molecule has 0 spiro atoms. The first-order valence-electron chi connectivity index (χ1n) is 7.15. The molecule has 0 radical (unpaired) electrons. The normalized spacial score (nSPS) is 24.9. The van der Waals surface area contributed by atoms with Gasteiger partial charge < -0.3 is 10.6 Å². The van der Waals surface area contributed by atoms with E-state index < -0.39 is 0 Å². The molecule has 1 aromatic carbocycles. The van der Waals surface area contributed by atoms with Crippen molar-refractivity contribution < 1.29 is 4.79 Å². The van der Waals surface area contributed by atoms with Crippen LogP contribution < -0.4 is 5.73 Å². The Kier molecular flexibility index (Phi) is 6.03. The lowest BCUT2D eigenvalue weighted by Crippen LogP contribution is -2.44. The van der Waals surface area contributed by atoms with Crippen molar-refractivity contribution in [3.8, 4) is 0 Å². The molecule has 4 atom stereocenters. The van der Waals surface area contributed by atoms with Gasteiger partial charge in [0, 0.05) is 18.1 Å². The molecule has 1 amide bonds. The van der Waals surface area contributed by atoms with E-state index in [1.165, 1.54) is 0 Å². The van der Waals surface area contributed by atoms with Crippen LogP contribution in [0.3, 0.4) is 0 Å². The van der Waals surface area contributed by atoms with Gasteiger partial charge in [-0.25, -0.2) is 0 Å². The van der Waals surface area contributed by atoms with Gasteiger partial charge in [-0.2, -0.15) is 0 Å². The molecule has 1 aliphatic heterocycles. The van der Waals surface area contributed by atoms with Crippen molar-refractivity contribution in [2.45, 2.75) is 51.7 Å². The SMILES string of the molecule is CC(C(=O)N1C(C)CCC1C)C(N)c1ccccc1.Cl. The molecule has 0 saturated carbocycles. The van der Waals surface area contributed by atoms with Gasteiger partial charge in [0.1, 0.15) is 0 Å². The van der Waals surface area contributed by atoms with Gasteiger partial charge in [-0.05, 0) is 32.3 Å². The zero-order valence-electron chi connectivity index (χ0n) is 12.5. The molecule has 0 aliphatic carbocycles. The summed E-state index contributed by atoms with van der Waals surface area (Å²) < 4.78 is 0. The van der Waals surface area contributed by atoms with E-state index in [2.05, 4.69) is 13.8 Å². The Bertz CT molecular complexity index is 427. The Morgan fingerprint density at radius 3 is 2.20 bits per heavy atom. The first kappa shape index (κ1) is 17.0. The second-order valence-corrected chi connectivity index (χ2v) is 5.75. The number of carbonyl (C=O) groups is 1. The number of nitrogens with two attached hydrogens (primary N) is 1. The molecule has 1 aromatic rings. The number of hydrogen-bond donors (Lipinski definition) is 1. The highest BCUT2D eigenvalue weighted by molar-refractivity contribution is 5.85. The highest BCUT2D eigenvalue weighted by atomic mass is 35.5. The van der Waals surface area contributed by atoms with Crippen LogP contribution in [0.5, 0.6) is 0 Å². The number of carbonyl (C=O) groups excluding carboxylic acids is 1. The Hall–Kier alpha value is -1.06. The second kappa shape index (κ2) is 7.09. The van der Waals surface area contributed by atoms with Crippen LogP contribution in [0.1, 0.15) is 45.2 Å². The van der Waals surface area contributed by atoms with Crippen molar-refractivity contribution in [3.63, 3.8) is 0 Å². The van der Waals surface area contributed by atoms with Crippen LogP contribution in [-0.2, 0) is 4.79 Å². The van der Waals surface area contributed by atoms with Crippen LogP contribution in [0.4, 0.5) is 0 Å². The van der Waals surface area contributed by atoms with Gasteiger partial charge in [0.2, 0.25) is 5.91 Å². The molecule has 0 aromatic heterocycles. The Morgan fingerprint density at radius 2 is 1.70 bits per heavy atom. The lowest BCUT2D eigenvalue weighted by atomic mass is 9.93. The molecule has 1 saturated heterocycles. The fourth-order valence-corrected chi connectivity index (χ4v) is 2.98.